The third-order valence-electron chi connectivity index (χ3n) is 3.04. The van der Waals surface area contributed by atoms with Crippen molar-refractivity contribution in [2.75, 3.05) is 13.2 Å². The molecule has 2 N–H and O–H groups in total. The van der Waals surface area contributed by atoms with Crippen molar-refractivity contribution in [3.63, 3.8) is 0 Å². The van der Waals surface area contributed by atoms with Crippen molar-refractivity contribution in [1.29, 1.82) is 0 Å². The molecule has 0 atom stereocenters. The van der Waals surface area contributed by atoms with E-state index in [1.165, 1.54) is 44.9 Å². The van der Waals surface area contributed by atoms with Crippen molar-refractivity contribution in [2.24, 2.45) is 5.73 Å². The van der Waals surface area contributed by atoms with Crippen LogP contribution in [0.1, 0.15) is 51.9 Å². The van der Waals surface area contributed by atoms with Crippen LogP contribution >= 0.6 is 0 Å². The average molecular weight is 185 g/mol. The van der Waals surface area contributed by atoms with Gasteiger partial charge in [-0.2, -0.15) is 0 Å². The summed E-state index contributed by atoms with van der Waals surface area (Å²) in [6, 6.07) is 0. The minimum atomic E-state index is 0.0632. The minimum absolute atomic E-state index is 0.0632. The molecular weight excluding hydrogens is 162 g/mol. The van der Waals surface area contributed by atoms with E-state index in [0.29, 0.717) is 6.54 Å². The van der Waals surface area contributed by atoms with Gasteiger partial charge in [0, 0.05) is 13.2 Å². The fraction of sp³-hybridized carbons (Fsp3) is 1.00. The third kappa shape index (κ3) is 3.28. The largest absolute Gasteiger partial charge is 0.374 e. The molecule has 0 aromatic heterocycles. The molecule has 0 aromatic rings. The van der Waals surface area contributed by atoms with Crippen LogP contribution in [-0.2, 0) is 4.74 Å². The molecule has 1 saturated carbocycles. The molecule has 0 saturated heterocycles. The number of hydrogen-bond acceptors (Lipinski definition) is 2. The highest BCUT2D eigenvalue weighted by Gasteiger charge is 2.32. The van der Waals surface area contributed by atoms with Crippen LogP contribution in [0.3, 0.4) is 0 Å². The Hall–Kier alpha value is -0.0800. The predicted molar refractivity (Wildman–Crippen MR) is 55.7 cm³/mol. The minimum Gasteiger partial charge on any atom is -0.374 e. The van der Waals surface area contributed by atoms with Gasteiger partial charge in [0.15, 0.2) is 0 Å². The molecule has 0 aliphatic heterocycles. The van der Waals surface area contributed by atoms with Gasteiger partial charge < -0.3 is 10.5 Å². The first-order chi connectivity index (χ1) is 6.33. The SMILES string of the molecule is CCCCCOC1(CN)CCCC1. The lowest BCUT2D eigenvalue weighted by molar-refractivity contribution is -0.0350. The zero-order valence-electron chi connectivity index (χ0n) is 8.85. The highest BCUT2D eigenvalue weighted by atomic mass is 16.5. The summed E-state index contributed by atoms with van der Waals surface area (Å²) in [7, 11) is 0. The van der Waals surface area contributed by atoms with Crippen LogP contribution in [0.4, 0.5) is 0 Å². The Morgan fingerprint density at radius 3 is 2.46 bits per heavy atom. The molecule has 78 valence electrons. The van der Waals surface area contributed by atoms with Gasteiger partial charge >= 0.3 is 0 Å². The zero-order chi connectivity index (χ0) is 9.57. The predicted octanol–water partition coefficient (Wildman–Crippen LogP) is 2.46. The number of hydrogen-bond donors (Lipinski definition) is 1. The second-order valence-corrected chi connectivity index (χ2v) is 4.15. The maximum atomic E-state index is 5.92. The number of unbranched alkanes of at least 4 members (excludes halogenated alkanes) is 2. The summed E-state index contributed by atoms with van der Waals surface area (Å²) in [6.07, 6.45) is 8.68. The van der Waals surface area contributed by atoms with Gasteiger partial charge in [0.1, 0.15) is 0 Å². The summed E-state index contributed by atoms with van der Waals surface area (Å²) in [5.41, 5.74) is 5.82. The van der Waals surface area contributed by atoms with Crippen LogP contribution in [0, 0.1) is 0 Å². The first-order valence-corrected chi connectivity index (χ1v) is 5.67. The highest BCUT2D eigenvalue weighted by Crippen LogP contribution is 2.32. The molecule has 13 heavy (non-hydrogen) atoms. The fourth-order valence-electron chi connectivity index (χ4n) is 2.07. The number of rotatable bonds is 6. The molecule has 0 radical (unpaired) electrons. The summed E-state index contributed by atoms with van der Waals surface area (Å²) < 4.78 is 5.92. The number of ether oxygens (including phenoxy) is 1. The Kier molecular flexibility index (Phi) is 4.74. The van der Waals surface area contributed by atoms with Crippen LogP contribution in [0.5, 0.6) is 0 Å². The van der Waals surface area contributed by atoms with Crippen molar-refractivity contribution < 1.29 is 4.74 Å². The van der Waals surface area contributed by atoms with Gasteiger partial charge in [-0.25, -0.2) is 0 Å². The quantitative estimate of drug-likeness (QED) is 0.645. The van der Waals surface area contributed by atoms with Crippen molar-refractivity contribution in [2.45, 2.75) is 57.5 Å². The Bertz CT molecular complexity index is 130. The Morgan fingerprint density at radius 2 is 1.92 bits per heavy atom. The molecule has 0 bridgehead atoms. The smallest absolute Gasteiger partial charge is 0.0804 e. The third-order valence-corrected chi connectivity index (χ3v) is 3.04. The fourth-order valence-corrected chi connectivity index (χ4v) is 2.07. The van der Waals surface area contributed by atoms with Crippen LogP contribution in [0.15, 0.2) is 0 Å². The average Bonchev–Trinajstić information content (AvgIpc) is 2.62. The van der Waals surface area contributed by atoms with Gasteiger partial charge in [-0.1, -0.05) is 32.6 Å². The number of nitrogens with two attached hydrogens (primary N) is 1. The molecule has 1 aliphatic rings. The monoisotopic (exact) mass is 185 g/mol. The summed E-state index contributed by atoms with van der Waals surface area (Å²) in [5, 5.41) is 0. The van der Waals surface area contributed by atoms with Gasteiger partial charge in [0.25, 0.3) is 0 Å². The van der Waals surface area contributed by atoms with Gasteiger partial charge in [-0.15, -0.1) is 0 Å². The first-order valence-electron chi connectivity index (χ1n) is 5.67. The van der Waals surface area contributed by atoms with Gasteiger partial charge in [-0.05, 0) is 19.3 Å². The van der Waals surface area contributed by atoms with Crippen molar-refractivity contribution >= 4 is 0 Å². The first kappa shape index (κ1) is 11.0. The Morgan fingerprint density at radius 1 is 1.23 bits per heavy atom. The van der Waals surface area contributed by atoms with Crippen LogP contribution < -0.4 is 5.73 Å². The molecule has 0 aromatic carbocycles. The van der Waals surface area contributed by atoms with Gasteiger partial charge in [-0.3, -0.25) is 0 Å². The normalized spacial score (nSPS) is 20.8. The molecule has 2 heteroatoms. The molecule has 0 unspecified atom stereocenters. The van der Waals surface area contributed by atoms with Gasteiger partial charge in [0.05, 0.1) is 5.60 Å². The lowest BCUT2D eigenvalue weighted by Crippen LogP contribution is -2.38. The van der Waals surface area contributed by atoms with E-state index < -0.39 is 0 Å². The second-order valence-electron chi connectivity index (χ2n) is 4.15. The van der Waals surface area contributed by atoms with E-state index in [9.17, 15) is 0 Å². The molecule has 2 nitrogen and oxygen atoms in total. The highest BCUT2D eigenvalue weighted by molar-refractivity contribution is 4.87. The summed E-state index contributed by atoms with van der Waals surface area (Å²) in [4.78, 5) is 0. The topological polar surface area (TPSA) is 35.2 Å². The van der Waals surface area contributed by atoms with Crippen molar-refractivity contribution in [3.8, 4) is 0 Å². The maximum Gasteiger partial charge on any atom is 0.0804 e. The second kappa shape index (κ2) is 5.61. The Labute approximate surface area is 81.8 Å². The van der Waals surface area contributed by atoms with E-state index in [-0.39, 0.29) is 5.60 Å². The van der Waals surface area contributed by atoms with Crippen molar-refractivity contribution in [3.05, 3.63) is 0 Å². The van der Waals surface area contributed by atoms with Crippen LogP contribution in [0.25, 0.3) is 0 Å². The Balaban J connectivity index is 2.16. The van der Waals surface area contributed by atoms with Crippen molar-refractivity contribution in [1.82, 2.24) is 0 Å². The van der Waals surface area contributed by atoms with Crippen LogP contribution in [0.2, 0.25) is 0 Å². The van der Waals surface area contributed by atoms with Gasteiger partial charge in [0.2, 0.25) is 0 Å². The molecule has 0 amide bonds. The van der Waals surface area contributed by atoms with Crippen LogP contribution in [-0.4, -0.2) is 18.8 Å². The molecular formula is C11H23NO. The molecule has 1 fully saturated rings. The van der Waals surface area contributed by atoms with E-state index in [4.69, 9.17) is 10.5 Å². The van der Waals surface area contributed by atoms with E-state index in [1.807, 2.05) is 0 Å². The molecule has 0 spiro atoms. The summed E-state index contributed by atoms with van der Waals surface area (Å²) in [5.74, 6) is 0. The molecule has 1 rings (SSSR count). The lowest BCUT2D eigenvalue weighted by Gasteiger charge is -2.27. The van der Waals surface area contributed by atoms with E-state index in [2.05, 4.69) is 6.92 Å². The summed E-state index contributed by atoms with van der Waals surface area (Å²) in [6.45, 7) is 3.83. The zero-order valence-corrected chi connectivity index (χ0v) is 8.85. The molecule has 1 aliphatic carbocycles. The molecule has 0 heterocycles. The summed E-state index contributed by atoms with van der Waals surface area (Å²) >= 11 is 0. The van der Waals surface area contributed by atoms with E-state index >= 15 is 0 Å². The standard InChI is InChI=1S/C11H23NO/c1-2-3-6-9-13-11(10-12)7-4-5-8-11/h2-10,12H2,1H3. The van der Waals surface area contributed by atoms with E-state index in [0.717, 1.165) is 6.61 Å². The lowest BCUT2D eigenvalue weighted by atomic mass is 10.0. The maximum absolute atomic E-state index is 5.92. The van der Waals surface area contributed by atoms with E-state index in [1.54, 1.807) is 0 Å².